The van der Waals surface area contributed by atoms with E-state index in [1.54, 1.807) is 0 Å². The molecule has 0 aliphatic rings. The van der Waals surface area contributed by atoms with Crippen molar-refractivity contribution in [2.24, 2.45) is 0 Å². The zero-order chi connectivity index (χ0) is 7.98. The predicted molar refractivity (Wildman–Crippen MR) is 36.5 cm³/mol. The normalized spacial score (nSPS) is 7.64. The minimum atomic E-state index is -1.44. The quantitative estimate of drug-likeness (QED) is 0.221. The standard InChI is InChI=1S/C6H8O4.Mg/c1-2-3-10-6(9)4-5(7)8;/h2H,1,3-4H2,(H,7,8);/q;+2/p-1. The number of carbonyl (C=O) groups is 2. The largest absolute Gasteiger partial charge is 2.00 e. The van der Waals surface area contributed by atoms with Crippen LogP contribution in [0.2, 0.25) is 0 Å². The monoisotopic (exact) mass is 167 g/mol. The van der Waals surface area contributed by atoms with Crippen molar-refractivity contribution in [3.05, 3.63) is 12.7 Å². The number of hydrogen-bond donors (Lipinski definition) is 0. The Morgan fingerprint density at radius 1 is 1.55 bits per heavy atom. The first-order chi connectivity index (χ1) is 4.66. The van der Waals surface area contributed by atoms with Crippen molar-refractivity contribution in [3.8, 4) is 0 Å². The molecule has 0 aromatic rings. The molecule has 0 bridgehead atoms. The number of ether oxygens (including phenoxy) is 1. The Morgan fingerprint density at radius 3 is 2.45 bits per heavy atom. The average Bonchev–Trinajstić information content (AvgIpc) is 1.82. The molecule has 0 aromatic carbocycles. The van der Waals surface area contributed by atoms with Crippen LogP contribution in [-0.2, 0) is 14.3 Å². The van der Waals surface area contributed by atoms with Crippen molar-refractivity contribution in [2.75, 3.05) is 6.61 Å². The van der Waals surface area contributed by atoms with E-state index in [1.165, 1.54) is 6.08 Å². The molecule has 0 radical (unpaired) electrons. The third-order valence-electron chi connectivity index (χ3n) is 0.651. The summed E-state index contributed by atoms with van der Waals surface area (Å²) in [5.74, 6) is -2.24. The number of hydrogen-bond acceptors (Lipinski definition) is 4. The third kappa shape index (κ3) is 9.45. The third-order valence-corrected chi connectivity index (χ3v) is 0.651. The number of carbonyl (C=O) groups excluding carboxylic acids is 2. The van der Waals surface area contributed by atoms with Crippen LogP contribution in [0, 0.1) is 0 Å². The fraction of sp³-hybridized carbons (Fsp3) is 0.333. The molecular formula is C6H7MgO4+. The van der Waals surface area contributed by atoms with Crippen molar-refractivity contribution < 1.29 is 19.4 Å². The van der Waals surface area contributed by atoms with Crippen LogP contribution in [0.1, 0.15) is 6.42 Å². The van der Waals surface area contributed by atoms with Crippen molar-refractivity contribution in [2.45, 2.75) is 6.42 Å². The number of carboxylic acids is 1. The molecule has 0 rings (SSSR count). The molecule has 0 atom stereocenters. The molecule has 0 aliphatic heterocycles. The van der Waals surface area contributed by atoms with Gasteiger partial charge in [-0.3, -0.25) is 4.79 Å². The van der Waals surface area contributed by atoms with Gasteiger partial charge in [0.1, 0.15) is 6.61 Å². The molecule has 5 heteroatoms. The minimum absolute atomic E-state index is 0. The Bertz CT molecular complexity index is 155. The van der Waals surface area contributed by atoms with Crippen LogP contribution in [0.5, 0.6) is 0 Å². The number of carboxylic acid groups (broad SMARTS) is 1. The van der Waals surface area contributed by atoms with E-state index in [1.807, 2.05) is 0 Å². The van der Waals surface area contributed by atoms with Crippen LogP contribution in [0.4, 0.5) is 0 Å². The first-order valence-electron chi connectivity index (χ1n) is 2.63. The first-order valence-corrected chi connectivity index (χ1v) is 2.63. The Hall–Kier alpha value is -0.554. The van der Waals surface area contributed by atoms with Gasteiger partial charge >= 0.3 is 29.0 Å². The van der Waals surface area contributed by atoms with E-state index in [9.17, 15) is 14.7 Å². The molecule has 0 N–H and O–H groups in total. The molecule has 0 saturated carbocycles. The average molecular weight is 167 g/mol. The molecule has 0 unspecified atom stereocenters. The van der Waals surface area contributed by atoms with Crippen LogP contribution in [0.3, 0.4) is 0 Å². The Balaban J connectivity index is 0. The molecule has 0 amide bonds. The zero-order valence-electron chi connectivity index (χ0n) is 6.04. The fourth-order valence-corrected chi connectivity index (χ4v) is 0.321. The van der Waals surface area contributed by atoms with E-state index in [-0.39, 0.29) is 29.7 Å². The van der Waals surface area contributed by atoms with Gasteiger partial charge in [-0.1, -0.05) is 12.7 Å². The molecule has 56 valence electrons. The Labute approximate surface area is 80.4 Å². The number of rotatable bonds is 4. The number of esters is 1. The molecule has 0 saturated heterocycles. The van der Waals surface area contributed by atoms with Crippen molar-refractivity contribution in [1.82, 2.24) is 0 Å². The van der Waals surface area contributed by atoms with Gasteiger partial charge in [0.05, 0.1) is 12.4 Å². The molecule has 0 spiro atoms. The van der Waals surface area contributed by atoms with Crippen LogP contribution in [-0.4, -0.2) is 41.6 Å². The summed E-state index contributed by atoms with van der Waals surface area (Å²) in [7, 11) is 0. The molecule has 0 fully saturated rings. The summed E-state index contributed by atoms with van der Waals surface area (Å²) in [6.45, 7) is 3.31. The molecular weight excluding hydrogens is 160 g/mol. The summed E-state index contributed by atoms with van der Waals surface area (Å²) >= 11 is 0. The summed E-state index contributed by atoms with van der Waals surface area (Å²) in [4.78, 5) is 20.1. The van der Waals surface area contributed by atoms with Gasteiger partial charge in [0.25, 0.3) is 0 Å². The predicted octanol–water partition coefficient (Wildman–Crippen LogP) is -1.53. The van der Waals surface area contributed by atoms with E-state index in [4.69, 9.17) is 0 Å². The Kier molecular flexibility index (Phi) is 8.97. The number of aliphatic carboxylic acids is 1. The van der Waals surface area contributed by atoms with Gasteiger partial charge in [-0.15, -0.1) is 0 Å². The molecule has 0 aromatic heterocycles. The van der Waals surface area contributed by atoms with E-state index in [2.05, 4.69) is 11.3 Å². The maximum Gasteiger partial charge on any atom is 2.00 e. The topological polar surface area (TPSA) is 66.4 Å². The van der Waals surface area contributed by atoms with Crippen LogP contribution < -0.4 is 5.11 Å². The maximum atomic E-state index is 10.3. The molecule has 0 aliphatic carbocycles. The van der Waals surface area contributed by atoms with Crippen molar-refractivity contribution in [3.63, 3.8) is 0 Å². The van der Waals surface area contributed by atoms with E-state index >= 15 is 0 Å². The second-order valence-corrected chi connectivity index (χ2v) is 1.52. The summed E-state index contributed by atoms with van der Waals surface area (Å²) < 4.78 is 4.32. The zero-order valence-corrected chi connectivity index (χ0v) is 7.45. The fourth-order valence-electron chi connectivity index (χ4n) is 0.321. The molecule has 4 nitrogen and oxygen atoms in total. The SMILES string of the molecule is C=CCOC(=O)CC(=O)[O-].[Mg+2]. The summed E-state index contributed by atoms with van der Waals surface area (Å²) in [5.41, 5.74) is 0. The summed E-state index contributed by atoms with van der Waals surface area (Å²) in [6.07, 6.45) is 0.654. The maximum absolute atomic E-state index is 10.3. The van der Waals surface area contributed by atoms with E-state index < -0.39 is 18.4 Å². The summed E-state index contributed by atoms with van der Waals surface area (Å²) in [6, 6.07) is 0. The Morgan fingerprint density at radius 2 is 2.09 bits per heavy atom. The van der Waals surface area contributed by atoms with E-state index in [0.29, 0.717) is 0 Å². The van der Waals surface area contributed by atoms with Gasteiger partial charge in [-0.05, 0) is 0 Å². The van der Waals surface area contributed by atoms with Crippen molar-refractivity contribution >= 4 is 35.0 Å². The van der Waals surface area contributed by atoms with Crippen LogP contribution in [0.15, 0.2) is 12.7 Å². The smallest absolute Gasteiger partial charge is 0.550 e. The van der Waals surface area contributed by atoms with Gasteiger partial charge in [0.2, 0.25) is 0 Å². The van der Waals surface area contributed by atoms with Gasteiger partial charge in [-0.2, -0.15) is 0 Å². The molecule has 0 heterocycles. The summed E-state index contributed by atoms with van der Waals surface area (Å²) in [5, 5.41) is 9.74. The first kappa shape index (κ1) is 13.1. The van der Waals surface area contributed by atoms with Gasteiger partial charge in [0.15, 0.2) is 0 Å². The van der Waals surface area contributed by atoms with Gasteiger partial charge in [-0.25, -0.2) is 0 Å². The molecule has 11 heavy (non-hydrogen) atoms. The van der Waals surface area contributed by atoms with E-state index in [0.717, 1.165) is 0 Å². The second-order valence-electron chi connectivity index (χ2n) is 1.52. The van der Waals surface area contributed by atoms with Crippen LogP contribution in [0.25, 0.3) is 0 Å². The van der Waals surface area contributed by atoms with Crippen LogP contribution >= 0.6 is 0 Å². The van der Waals surface area contributed by atoms with Gasteiger partial charge < -0.3 is 14.6 Å². The minimum Gasteiger partial charge on any atom is -0.550 e. The second kappa shape index (κ2) is 7.55. The van der Waals surface area contributed by atoms with Crippen molar-refractivity contribution in [1.29, 1.82) is 0 Å². The van der Waals surface area contributed by atoms with Gasteiger partial charge in [0, 0.05) is 0 Å².